The summed E-state index contributed by atoms with van der Waals surface area (Å²) in [6.07, 6.45) is 0. The highest BCUT2D eigenvalue weighted by atomic mass is 32.1. The van der Waals surface area contributed by atoms with Gasteiger partial charge in [-0.2, -0.15) is 0 Å². The molecular weight excluding hydrogens is 504 g/mol. The van der Waals surface area contributed by atoms with E-state index < -0.39 is 0 Å². The molecule has 3 heteroatoms. The zero-order valence-corrected chi connectivity index (χ0v) is 22.7. The minimum Gasteiger partial charge on any atom is -0.343 e. The van der Waals surface area contributed by atoms with Crippen molar-refractivity contribution >= 4 is 75.1 Å². The molecule has 0 unspecified atom stereocenters. The van der Waals surface area contributed by atoms with Crippen molar-refractivity contribution < 1.29 is 0 Å². The van der Waals surface area contributed by atoms with Gasteiger partial charge in [-0.05, 0) is 47.5 Å². The highest BCUT2D eigenvalue weighted by molar-refractivity contribution is 7.26. The molecule has 0 aliphatic carbocycles. The van der Waals surface area contributed by atoms with Gasteiger partial charge in [-0.3, -0.25) is 0 Å². The number of aryl methyl sites for hydroxylation is 1. The highest BCUT2D eigenvalue weighted by Gasteiger charge is 2.19. The summed E-state index contributed by atoms with van der Waals surface area (Å²) in [5.74, 6) is 0. The van der Waals surface area contributed by atoms with Crippen molar-refractivity contribution in [3.8, 4) is 16.8 Å². The maximum Gasteiger partial charge on any atom is 0.0590 e. The fourth-order valence-electron chi connectivity index (χ4n) is 6.76. The van der Waals surface area contributed by atoms with Crippen molar-refractivity contribution in [1.29, 1.82) is 0 Å². The Kier molecular flexibility index (Phi) is 4.44. The number of fused-ring (bicyclic) bond motifs is 10. The summed E-state index contributed by atoms with van der Waals surface area (Å²) in [5.41, 5.74) is 8.75. The molecule has 6 aromatic carbocycles. The number of hydrogen-bond donors (Lipinski definition) is 0. The Balaban J connectivity index is 1.28. The number of para-hydroxylation sites is 2. The van der Waals surface area contributed by atoms with Crippen molar-refractivity contribution in [2.45, 2.75) is 0 Å². The largest absolute Gasteiger partial charge is 0.343 e. The molecule has 2 nitrogen and oxygen atoms in total. The molecule has 188 valence electrons. The molecule has 0 bridgehead atoms. The summed E-state index contributed by atoms with van der Waals surface area (Å²) < 4.78 is 7.47. The predicted molar refractivity (Wildman–Crippen MR) is 173 cm³/mol. The first kappa shape index (κ1) is 22.0. The average molecular weight is 529 g/mol. The van der Waals surface area contributed by atoms with Gasteiger partial charge < -0.3 is 9.13 Å². The second-order valence-corrected chi connectivity index (χ2v) is 11.7. The summed E-state index contributed by atoms with van der Waals surface area (Å²) >= 11 is 1.89. The molecule has 0 aliphatic rings. The first-order chi connectivity index (χ1) is 19.8. The van der Waals surface area contributed by atoms with Crippen LogP contribution in [0.1, 0.15) is 0 Å². The number of hydrogen-bond acceptors (Lipinski definition) is 1. The van der Waals surface area contributed by atoms with E-state index in [0.717, 1.165) is 0 Å². The van der Waals surface area contributed by atoms with E-state index in [0.29, 0.717) is 0 Å². The van der Waals surface area contributed by atoms with E-state index >= 15 is 0 Å². The van der Waals surface area contributed by atoms with E-state index in [1.165, 1.54) is 80.6 Å². The van der Waals surface area contributed by atoms with E-state index in [2.05, 4.69) is 144 Å². The Labute approximate surface area is 234 Å². The van der Waals surface area contributed by atoms with Crippen LogP contribution in [0.4, 0.5) is 0 Å². The quantitative estimate of drug-likeness (QED) is 0.211. The summed E-state index contributed by atoms with van der Waals surface area (Å²) in [6.45, 7) is 0. The number of nitrogens with zero attached hydrogens (tertiary/aromatic N) is 2. The molecule has 9 rings (SSSR count). The Hall–Kier alpha value is -4.86. The van der Waals surface area contributed by atoms with Crippen LogP contribution < -0.4 is 0 Å². The Morgan fingerprint density at radius 3 is 2.05 bits per heavy atom. The topological polar surface area (TPSA) is 9.86 Å². The predicted octanol–water partition coefficient (Wildman–Crippen LogP) is 10.5. The minimum absolute atomic E-state index is 1.18. The molecule has 3 heterocycles. The third-order valence-electron chi connectivity index (χ3n) is 8.54. The summed E-state index contributed by atoms with van der Waals surface area (Å²) in [6, 6.07) is 46.7. The molecule has 3 aromatic heterocycles. The molecule has 0 saturated carbocycles. The summed E-state index contributed by atoms with van der Waals surface area (Å²) in [4.78, 5) is 0. The lowest BCUT2D eigenvalue weighted by molar-refractivity contribution is 1.02. The van der Waals surface area contributed by atoms with Crippen LogP contribution >= 0.6 is 11.3 Å². The number of rotatable bonds is 2. The van der Waals surface area contributed by atoms with E-state index in [-0.39, 0.29) is 0 Å². The second kappa shape index (κ2) is 8.08. The van der Waals surface area contributed by atoms with Gasteiger partial charge in [-0.15, -0.1) is 11.3 Å². The van der Waals surface area contributed by atoms with Crippen molar-refractivity contribution in [1.82, 2.24) is 9.13 Å². The molecular formula is C37H24N2S. The van der Waals surface area contributed by atoms with Gasteiger partial charge in [0.1, 0.15) is 0 Å². The van der Waals surface area contributed by atoms with Gasteiger partial charge in [0.15, 0.2) is 0 Å². The zero-order chi connectivity index (χ0) is 26.4. The van der Waals surface area contributed by atoms with Crippen LogP contribution in [-0.2, 0) is 7.05 Å². The van der Waals surface area contributed by atoms with Crippen molar-refractivity contribution in [3.63, 3.8) is 0 Å². The fourth-order valence-corrected chi connectivity index (χ4v) is 8.00. The van der Waals surface area contributed by atoms with Crippen LogP contribution in [0.15, 0.2) is 127 Å². The van der Waals surface area contributed by atoms with Crippen LogP contribution in [0.3, 0.4) is 0 Å². The molecule has 40 heavy (non-hydrogen) atoms. The Morgan fingerprint density at radius 1 is 0.500 bits per heavy atom. The molecule has 0 saturated heterocycles. The lowest BCUT2D eigenvalue weighted by Crippen LogP contribution is -1.94. The van der Waals surface area contributed by atoms with Gasteiger partial charge in [0.05, 0.1) is 16.6 Å². The SMILES string of the molecule is Cn1c2ccccc2c2ccc3c(c4ccccc4n3-c3ccc(-c4cccc5c4sc4ccccc45)cc3)c21. The van der Waals surface area contributed by atoms with Gasteiger partial charge in [0.25, 0.3) is 0 Å². The third kappa shape index (κ3) is 2.87. The van der Waals surface area contributed by atoms with Crippen molar-refractivity contribution in [2.75, 3.05) is 0 Å². The lowest BCUT2D eigenvalue weighted by Gasteiger charge is -2.10. The summed E-state index contributed by atoms with van der Waals surface area (Å²) in [7, 11) is 2.19. The first-order valence-corrected chi connectivity index (χ1v) is 14.5. The Morgan fingerprint density at radius 2 is 1.20 bits per heavy atom. The normalized spacial score (nSPS) is 12.1. The Bertz CT molecular complexity index is 2430. The van der Waals surface area contributed by atoms with E-state index in [1.54, 1.807) is 0 Å². The monoisotopic (exact) mass is 528 g/mol. The minimum atomic E-state index is 1.18. The van der Waals surface area contributed by atoms with Crippen molar-refractivity contribution in [3.05, 3.63) is 127 Å². The van der Waals surface area contributed by atoms with Crippen LogP contribution in [0.25, 0.3) is 80.6 Å². The third-order valence-corrected chi connectivity index (χ3v) is 9.76. The van der Waals surface area contributed by atoms with Gasteiger partial charge in [-0.25, -0.2) is 0 Å². The zero-order valence-electron chi connectivity index (χ0n) is 21.9. The molecule has 0 fully saturated rings. The summed E-state index contributed by atoms with van der Waals surface area (Å²) in [5, 5.41) is 7.88. The molecule has 0 amide bonds. The standard InChI is InChI=1S/C37H24N2S/c1-38-31-14-5-2-9-26(31)28-21-22-33-35(36(28)38)30-11-3-6-15-32(30)39(33)24-19-17-23(18-20-24)25-12-8-13-29-27-10-4-7-16-34(27)40-37(25)29/h2-22H,1H3. The van der Waals surface area contributed by atoms with Crippen molar-refractivity contribution in [2.24, 2.45) is 7.05 Å². The molecule has 0 spiro atoms. The fraction of sp³-hybridized carbons (Fsp3) is 0.0270. The number of benzene rings is 6. The smallest absolute Gasteiger partial charge is 0.0590 e. The lowest BCUT2D eigenvalue weighted by atomic mass is 10.0. The van der Waals surface area contributed by atoms with Crippen LogP contribution in [0.5, 0.6) is 0 Å². The average Bonchev–Trinajstić information content (AvgIpc) is 3.65. The van der Waals surface area contributed by atoms with Gasteiger partial charge in [0.2, 0.25) is 0 Å². The number of thiophene rings is 1. The van der Waals surface area contributed by atoms with E-state index in [9.17, 15) is 0 Å². The van der Waals surface area contributed by atoms with Crippen LogP contribution in [-0.4, -0.2) is 9.13 Å². The second-order valence-electron chi connectivity index (χ2n) is 10.6. The van der Waals surface area contributed by atoms with Crippen LogP contribution in [0, 0.1) is 0 Å². The first-order valence-electron chi connectivity index (χ1n) is 13.7. The van der Waals surface area contributed by atoms with Gasteiger partial charge in [0, 0.05) is 60.0 Å². The molecule has 0 radical (unpaired) electrons. The maximum atomic E-state index is 2.42. The molecule has 0 atom stereocenters. The molecule has 0 aliphatic heterocycles. The molecule has 9 aromatic rings. The maximum absolute atomic E-state index is 2.42. The van der Waals surface area contributed by atoms with E-state index in [4.69, 9.17) is 0 Å². The van der Waals surface area contributed by atoms with Gasteiger partial charge in [-0.1, -0.05) is 91.0 Å². The number of aromatic nitrogens is 2. The van der Waals surface area contributed by atoms with Gasteiger partial charge >= 0.3 is 0 Å². The molecule has 0 N–H and O–H groups in total. The van der Waals surface area contributed by atoms with E-state index in [1.807, 2.05) is 11.3 Å². The van der Waals surface area contributed by atoms with Crippen LogP contribution in [0.2, 0.25) is 0 Å². The highest BCUT2D eigenvalue weighted by Crippen LogP contribution is 2.42.